The van der Waals surface area contributed by atoms with Gasteiger partial charge in [-0.15, -0.1) is 0 Å². The molecule has 1 saturated carbocycles. The predicted octanol–water partition coefficient (Wildman–Crippen LogP) is 2.66. The summed E-state index contributed by atoms with van der Waals surface area (Å²) in [6.45, 7) is 5.11. The van der Waals surface area contributed by atoms with Crippen molar-refractivity contribution in [3.05, 3.63) is 16.4 Å². The van der Waals surface area contributed by atoms with Crippen molar-refractivity contribution in [1.29, 1.82) is 0 Å². The molecule has 0 radical (unpaired) electrons. The highest BCUT2D eigenvalue weighted by Gasteiger charge is 2.23. The Morgan fingerprint density at radius 1 is 1.56 bits per heavy atom. The minimum absolute atomic E-state index is 0.587. The van der Waals surface area contributed by atoms with Gasteiger partial charge in [-0.2, -0.15) is 5.10 Å². The summed E-state index contributed by atoms with van der Waals surface area (Å²) in [4.78, 5) is 0. The van der Waals surface area contributed by atoms with Crippen molar-refractivity contribution in [2.75, 3.05) is 0 Å². The van der Waals surface area contributed by atoms with Crippen LogP contribution < -0.4 is 5.32 Å². The number of nitrogens with zero attached hydrogens (tertiary/aromatic N) is 2. The molecule has 0 saturated heterocycles. The van der Waals surface area contributed by atoms with Crippen LogP contribution >= 0.6 is 11.6 Å². The fourth-order valence-corrected chi connectivity index (χ4v) is 2.49. The van der Waals surface area contributed by atoms with Gasteiger partial charge in [0.05, 0.1) is 5.69 Å². The van der Waals surface area contributed by atoms with Crippen LogP contribution in [0.25, 0.3) is 0 Å². The normalized spacial score (nSPS) is 18.5. The van der Waals surface area contributed by atoms with E-state index in [2.05, 4.69) is 17.3 Å². The lowest BCUT2D eigenvalue weighted by molar-refractivity contribution is 0.240. The summed E-state index contributed by atoms with van der Waals surface area (Å²) in [6, 6.07) is 0.587. The highest BCUT2D eigenvalue weighted by atomic mass is 35.5. The van der Waals surface area contributed by atoms with Crippen LogP contribution in [-0.2, 0) is 13.6 Å². The molecule has 1 heterocycles. The molecule has 2 rings (SSSR count). The van der Waals surface area contributed by atoms with Crippen LogP contribution in [0.15, 0.2) is 0 Å². The van der Waals surface area contributed by atoms with Crippen LogP contribution in [0.3, 0.4) is 0 Å². The summed E-state index contributed by atoms with van der Waals surface area (Å²) in [6.07, 6.45) is 4.13. The van der Waals surface area contributed by atoms with Gasteiger partial charge in [0.1, 0.15) is 5.15 Å². The Balaban J connectivity index is 1.93. The number of halogens is 1. The van der Waals surface area contributed by atoms with Crippen molar-refractivity contribution in [1.82, 2.24) is 15.1 Å². The molecule has 1 aromatic heterocycles. The third kappa shape index (κ3) is 2.25. The Labute approximate surface area is 102 Å². The van der Waals surface area contributed by atoms with E-state index in [-0.39, 0.29) is 0 Å². The smallest absolute Gasteiger partial charge is 0.131 e. The second kappa shape index (κ2) is 4.76. The third-order valence-electron chi connectivity index (χ3n) is 3.73. The minimum Gasteiger partial charge on any atom is -0.310 e. The van der Waals surface area contributed by atoms with Crippen molar-refractivity contribution in [2.24, 2.45) is 13.0 Å². The molecule has 0 amide bonds. The molecule has 1 atom stereocenters. The van der Waals surface area contributed by atoms with Gasteiger partial charge >= 0.3 is 0 Å². The van der Waals surface area contributed by atoms with E-state index in [1.54, 1.807) is 4.68 Å². The number of aromatic nitrogens is 2. The average molecular weight is 242 g/mol. The molecule has 1 fully saturated rings. The van der Waals surface area contributed by atoms with E-state index >= 15 is 0 Å². The number of nitrogens with one attached hydrogen (secondary N) is 1. The molecule has 1 aliphatic carbocycles. The molecule has 4 heteroatoms. The van der Waals surface area contributed by atoms with Crippen LogP contribution in [0, 0.1) is 12.8 Å². The third-order valence-corrected chi connectivity index (χ3v) is 4.20. The predicted molar refractivity (Wildman–Crippen MR) is 66.6 cm³/mol. The molecule has 0 bridgehead atoms. The van der Waals surface area contributed by atoms with E-state index in [4.69, 9.17) is 11.6 Å². The summed E-state index contributed by atoms with van der Waals surface area (Å²) >= 11 is 6.19. The van der Waals surface area contributed by atoms with Crippen molar-refractivity contribution in [3.63, 3.8) is 0 Å². The first-order chi connectivity index (χ1) is 7.59. The second-order valence-corrected chi connectivity index (χ2v) is 5.20. The Morgan fingerprint density at radius 2 is 2.25 bits per heavy atom. The van der Waals surface area contributed by atoms with E-state index in [1.165, 1.54) is 19.3 Å². The Morgan fingerprint density at radius 3 is 2.69 bits per heavy atom. The van der Waals surface area contributed by atoms with E-state index in [1.807, 2.05) is 14.0 Å². The second-order valence-electron chi connectivity index (χ2n) is 4.84. The quantitative estimate of drug-likeness (QED) is 0.879. The lowest BCUT2D eigenvalue weighted by atomic mass is 9.80. The summed E-state index contributed by atoms with van der Waals surface area (Å²) in [5, 5.41) is 8.63. The van der Waals surface area contributed by atoms with Crippen LogP contribution in [0.2, 0.25) is 5.15 Å². The first-order valence-electron chi connectivity index (χ1n) is 6.01. The number of rotatable bonds is 4. The van der Waals surface area contributed by atoms with Crippen molar-refractivity contribution < 1.29 is 0 Å². The number of hydrogen-bond acceptors (Lipinski definition) is 2. The van der Waals surface area contributed by atoms with Crippen LogP contribution in [0.5, 0.6) is 0 Å². The van der Waals surface area contributed by atoms with Gasteiger partial charge in [-0.1, -0.05) is 18.0 Å². The maximum absolute atomic E-state index is 6.19. The highest BCUT2D eigenvalue weighted by Crippen LogP contribution is 2.29. The molecule has 16 heavy (non-hydrogen) atoms. The Bertz CT molecular complexity index is 369. The first kappa shape index (κ1) is 11.9. The molecule has 3 nitrogen and oxygen atoms in total. The monoisotopic (exact) mass is 241 g/mol. The van der Waals surface area contributed by atoms with Gasteiger partial charge < -0.3 is 5.32 Å². The molecular formula is C12H20ClN3. The van der Waals surface area contributed by atoms with Gasteiger partial charge in [0.15, 0.2) is 0 Å². The average Bonchev–Trinajstić information content (AvgIpc) is 2.36. The van der Waals surface area contributed by atoms with Gasteiger partial charge in [0.25, 0.3) is 0 Å². The van der Waals surface area contributed by atoms with E-state index in [0.717, 1.165) is 28.9 Å². The molecule has 1 aliphatic rings. The van der Waals surface area contributed by atoms with Crippen LogP contribution in [0.4, 0.5) is 0 Å². The summed E-state index contributed by atoms with van der Waals surface area (Å²) in [5.74, 6) is 0.857. The largest absolute Gasteiger partial charge is 0.310 e. The SMILES string of the molecule is Cc1nn(C)c(Cl)c1CNC(C)C1CCC1. The zero-order valence-corrected chi connectivity index (χ0v) is 11.0. The summed E-state index contributed by atoms with van der Waals surface area (Å²) < 4.78 is 1.74. The molecular weight excluding hydrogens is 222 g/mol. The van der Waals surface area contributed by atoms with E-state index < -0.39 is 0 Å². The molecule has 0 aliphatic heterocycles. The molecule has 0 aromatic carbocycles. The lowest BCUT2D eigenvalue weighted by Crippen LogP contribution is -2.36. The van der Waals surface area contributed by atoms with Crippen molar-refractivity contribution >= 4 is 11.6 Å². The zero-order chi connectivity index (χ0) is 11.7. The molecule has 0 spiro atoms. The van der Waals surface area contributed by atoms with Gasteiger partial charge in [-0.25, -0.2) is 0 Å². The van der Waals surface area contributed by atoms with Gasteiger partial charge in [-0.05, 0) is 32.6 Å². The standard InChI is InChI=1S/C12H20ClN3/c1-8(10-5-4-6-10)14-7-11-9(2)15-16(3)12(11)13/h8,10,14H,4-7H2,1-3H3. The zero-order valence-electron chi connectivity index (χ0n) is 10.3. The van der Waals surface area contributed by atoms with Crippen LogP contribution in [0.1, 0.15) is 37.4 Å². The topological polar surface area (TPSA) is 29.9 Å². The minimum atomic E-state index is 0.587. The van der Waals surface area contributed by atoms with E-state index in [9.17, 15) is 0 Å². The molecule has 1 unspecified atom stereocenters. The van der Waals surface area contributed by atoms with Gasteiger partial charge in [-0.3, -0.25) is 4.68 Å². The molecule has 1 N–H and O–H groups in total. The van der Waals surface area contributed by atoms with Gasteiger partial charge in [0, 0.05) is 25.2 Å². The van der Waals surface area contributed by atoms with Crippen molar-refractivity contribution in [3.8, 4) is 0 Å². The Hall–Kier alpha value is -0.540. The van der Waals surface area contributed by atoms with Crippen molar-refractivity contribution in [2.45, 2.75) is 45.7 Å². The lowest BCUT2D eigenvalue weighted by Gasteiger charge is -2.32. The summed E-state index contributed by atoms with van der Waals surface area (Å²) in [5.41, 5.74) is 2.16. The number of hydrogen-bond donors (Lipinski definition) is 1. The van der Waals surface area contributed by atoms with Crippen LogP contribution in [-0.4, -0.2) is 15.8 Å². The molecule has 1 aromatic rings. The maximum atomic E-state index is 6.19. The maximum Gasteiger partial charge on any atom is 0.131 e. The highest BCUT2D eigenvalue weighted by molar-refractivity contribution is 6.30. The van der Waals surface area contributed by atoms with E-state index in [0.29, 0.717) is 6.04 Å². The summed E-state index contributed by atoms with van der Waals surface area (Å²) in [7, 11) is 1.88. The Kier molecular flexibility index (Phi) is 3.55. The molecule has 90 valence electrons. The number of aryl methyl sites for hydroxylation is 2. The fraction of sp³-hybridized carbons (Fsp3) is 0.750. The first-order valence-corrected chi connectivity index (χ1v) is 6.38. The van der Waals surface area contributed by atoms with Gasteiger partial charge in [0.2, 0.25) is 0 Å². The fourth-order valence-electron chi connectivity index (χ4n) is 2.24.